The van der Waals surface area contributed by atoms with Crippen LogP contribution >= 0.6 is 15.9 Å². The number of sulfonamides is 1. The van der Waals surface area contributed by atoms with Gasteiger partial charge in [-0.05, 0) is 54.4 Å². The molecule has 1 aromatic carbocycles. The predicted molar refractivity (Wildman–Crippen MR) is 70.2 cm³/mol. The van der Waals surface area contributed by atoms with E-state index in [1.165, 1.54) is 6.07 Å². The molecule has 0 spiro atoms. The molecule has 0 bridgehead atoms. The van der Waals surface area contributed by atoms with Crippen LogP contribution in [0.1, 0.15) is 20.3 Å². The van der Waals surface area contributed by atoms with E-state index < -0.39 is 28.0 Å². The van der Waals surface area contributed by atoms with Crippen LogP contribution in [0.4, 0.5) is 4.39 Å². The van der Waals surface area contributed by atoms with Crippen LogP contribution in [-0.4, -0.2) is 25.7 Å². The number of nitrogens with one attached hydrogen (secondary N) is 1. The third-order valence-electron chi connectivity index (χ3n) is 2.23. The van der Waals surface area contributed by atoms with E-state index in [1.807, 2.05) is 0 Å². The quantitative estimate of drug-likeness (QED) is 0.862. The molecular weight excluding hydrogens is 325 g/mol. The van der Waals surface area contributed by atoms with Crippen LogP contribution in [0.15, 0.2) is 27.6 Å². The summed E-state index contributed by atoms with van der Waals surface area (Å²) in [5, 5.41) is 9.19. The number of aliphatic hydroxyl groups is 1. The van der Waals surface area contributed by atoms with Crippen LogP contribution in [0.3, 0.4) is 0 Å². The maximum atomic E-state index is 12.9. The van der Waals surface area contributed by atoms with Gasteiger partial charge in [-0.25, -0.2) is 17.5 Å². The maximum Gasteiger partial charge on any atom is 0.241 e. The van der Waals surface area contributed by atoms with E-state index in [1.54, 1.807) is 13.8 Å². The molecule has 18 heavy (non-hydrogen) atoms. The minimum Gasteiger partial charge on any atom is -0.393 e. The Kier molecular flexibility index (Phi) is 5.27. The van der Waals surface area contributed by atoms with Crippen molar-refractivity contribution in [1.82, 2.24) is 4.72 Å². The predicted octanol–water partition coefficient (Wildman–Crippen LogP) is 2.03. The first-order valence-electron chi connectivity index (χ1n) is 5.38. The SMILES string of the molecule is CC(O)CC(C)NS(=O)(=O)c1ccc(F)cc1Br. The molecule has 0 radical (unpaired) electrons. The van der Waals surface area contributed by atoms with E-state index >= 15 is 0 Å². The number of aliphatic hydroxyl groups excluding tert-OH is 1. The Hall–Kier alpha value is -0.500. The Bertz CT molecular complexity index is 519. The van der Waals surface area contributed by atoms with Gasteiger partial charge in [0.25, 0.3) is 0 Å². The third kappa shape index (κ3) is 4.31. The van der Waals surface area contributed by atoms with Crippen molar-refractivity contribution in [2.45, 2.75) is 37.3 Å². The normalized spacial score (nSPS) is 15.4. The highest BCUT2D eigenvalue weighted by Crippen LogP contribution is 2.23. The minimum absolute atomic E-state index is 0.0265. The van der Waals surface area contributed by atoms with Gasteiger partial charge in [-0.3, -0.25) is 0 Å². The second kappa shape index (κ2) is 6.10. The topological polar surface area (TPSA) is 66.4 Å². The van der Waals surface area contributed by atoms with Crippen LogP contribution in [0.2, 0.25) is 0 Å². The molecule has 0 aliphatic carbocycles. The fourth-order valence-electron chi connectivity index (χ4n) is 1.58. The molecule has 7 heteroatoms. The molecule has 0 fully saturated rings. The van der Waals surface area contributed by atoms with Crippen LogP contribution in [0.5, 0.6) is 0 Å². The fourth-order valence-corrected chi connectivity index (χ4v) is 3.89. The lowest BCUT2D eigenvalue weighted by atomic mass is 10.2. The maximum absolute atomic E-state index is 12.9. The molecule has 0 aliphatic rings. The molecule has 0 heterocycles. The van der Waals surface area contributed by atoms with Crippen molar-refractivity contribution >= 4 is 26.0 Å². The second-order valence-electron chi connectivity index (χ2n) is 4.18. The van der Waals surface area contributed by atoms with Crippen molar-refractivity contribution in [1.29, 1.82) is 0 Å². The lowest BCUT2D eigenvalue weighted by Gasteiger charge is -2.16. The largest absolute Gasteiger partial charge is 0.393 e. The summed E-state index contributed by atoms with van der Waals surface area (Å²) in [6.07, 6.45) is -0.294. The van der Waals surface area contributed by atoms with Gasteiger partial charge in [0.1, 0.15) is 5.82 Å². The van der Waals surface area contributed by atoms with Crippen molar-refractivity contribution in [3.8, 4) is 0 Å². The summed E-state index contributed by atoms with van der Waals surface area (Å²) in [4.78, 5) is -0.0265. The second-order valence-corrected chi connectivity index (χ2v) is 6.72. The molecular formula is C11H15BrFNO3S. The Balaban J connectivity index is 2.93. The van der Waals surface area contributed by atoms with Gasteiger partial charge in [0.2, 0.25) is 10.0 Å². The van der Waals surface area contributed by atoms with Crippen LogP contribution in [-0.2, 0) is 10.0 Å². The first-order valence-corrected chi connectivity index (χ1v) is 7.65. The van der Waals surface area contributed by atoms with Gasteiger partial charge in [-0.2, -0.15) is 0 Å². The molecule has 0 amide bonds. The smallest absolute Gasteiger partial charge is 0.241 e. The zero-order valence-electron chi connectivity index (χ0n) is 10.0. The number of hydrogen-bond acceptors (Lipinski definition) is 3. The lowest BCUT2D eigenvalue weighted by molar-refractivity contribution is 0.175. The average Bonchev–Trinajstić information content (AvgIpc) is 2.13. The monoisotopic (exact) mass is 339 g/mol. The summed E-state index contributed by atoms with van der Waals surface area (Å²) in [5.74, 6) is -0.516. The summed E-state index contributed by atoms with van der Waals surface area (Å²) in [6.45, 7) is 3.24. The van der Waals surface area contributed by atoms with Crippen molar-refractivity contribution in [2.75, 3.05) is 0 Å². The summed E-state index contributed by atoms with van der Waals surface area (Å²) in [7, 11) is -3.73. The van der Waals surface area contributed by atoms with Crippen molar-refractivity contribution in [3.63, 3.8) is 0 Å². The minimum atomic E-state index is -3.73. The molecule has 0 aliphatic heterocycles. The molecule has 4 nitrogen and oxygen atoms in total. The lowest BCUT2D eigenvalue weighted by Crippen LogP contribution is -2.34. The first kappa shape index (κ1) is 15.6. The van der Waals surface area contributed by atoms with Crippen LogP contribution in [0, 0.1) is 5.82 Å². The molecule has 2 unspecified atom stereocenters. The molecule has 2 N–H and O–H groups in total. The van der Waals surface area contributed by atoms with Gasteiger partial charge in [0, 0.05) is 10.5 Å². The number of hydrogen-bond donors (Lipinski definition) is 2. The zero-order valence-corrected chi connectivity index (χ0v) is 12.4. The van der Waals surface area contributed by atoms with Crippen molar-refractivity contribution in [3.05, 3.63) is 28.5 Å². The van der Waals surface area contributed by atoms with Crippen molar-refractivity contribution in [2.24, 2.45) is 0 Å². The van der Waals surface area contributed by atoms with Gasteiger partial charge in [0.15, 0.2) is 0 Å². The summed E-state index contributed by atoms with van der Waals surface area (Å²) >= 11 is 3.02. The molecule has 1 aromatic rings. The van der Waals surface area contributed by atoms with Crippen molar-refractivity contribution < 1.29 is 17.9 Å². The highest BCUT2D eigenvalue weighted by Gasteiger charge is 2.21. The molecule has 2 atom stereocenters. The third-order valence-corrected chi connectivity index (χ3v) is 4.80. The first-order chi connectivity index (χ1) is 8.22. The average molecular weight is 340 g/mol. The van der Waals surface area contributed by atoms with E-state index in [0.29, 0.717) is 6.42 Å². The Morgan fingerprint density at radius 1 is 1.44 bits per heavy atom. The van der Waals surface area contributed by atoms with Gasteiger partial charge >= 0.3 is 0 Å². The zero-order chi connectivity index (χ0) is 13.9. The summed E-state index contributed by atoms with van der Waals surface area (Å²) in [5.41, 5.74) is 0. The van der Waals surface area contributed by atoms with Crippen LogP contribution < -0.4 is 4.72 Å². The highest BCUT2D eigenvalue weighted by atomic mass is 79.9. The highest BCUT2D eigenvalue weighted by molar-refractivity contribution is 9.10. The van der Waals surface area contributed by atoms with Gasteiger partial charge in [-0.15, -0.1) is 0 Å². The summed E-state index contributed by atoms with van der Waals surface area (Å²) < 4.78 is 39.5. The van der Waals surface area contributed by atoms with Gasteiger partial charge < -0.3 is 5.11 Å². The Morgan fingerprint density at radius 3 is 2.56 bits per heavy atom. The number of benzene rings is 1. The Labute approximate surface area is 114 Å². The summed E-state index contributed by atoms with van der Waals surface area (Å²) in [6, 6.07) is 2.95. The van der Waals surface area contributed by atoms with E-state index in [2.05, 4.69) is 20.7 Å². The molecule has 0 saturated heterocycles. The molecule has 0 saturated carbocycles. The van der Waals surface area contributed by atoms with E-state index in [9.17, 15) is 17.9 Å². The number of rotatable bonds is 5. The number of halogens is 2. The van der Waals surface area contributed by atoms with Gasteiger partial charge in [0.05, 0.1) is 11.0 Å². The van der Waals surface area contributed by atoms with E-state index in [-0.39, 0.29) is 9.37 Å². The Morgan fingerprint density at radius 2 is 2.06 bits per heavy atom. The molecule has 0 aromatic heterocycles. The molecule has 1 rings (SSSR count). The van der Waals surface area contributed by atoms with Gasteiger partial charge in [-0.1, -0.05) is 0 Å². The van der Waals surface area contributed by atoms with E-state index in [0.717, 1.165) is 12.1 Å². The van der Waals surface area contributed by atoms with Crippen LogP contribution in [0.25, 0.3) is 0 Å². The van der Waals surface area contributed by atoms with E-state index in [4.69, 9.17) is 0 Å². The fraction of sp³-hybridized carbons (Fsp3) is 0.455. The standard InChI is InChI=1S/C11H15BrFNO3S/c1-7(5-8(2)15)14-18(16,17)11-4-3-9(13)6-10(11)12/h3-4,6-8,14-15H,5H2,1-2H3. The molecule has 102 valence electrons.